The zero-order chi connectivity index (χ0) is 16.5. The fourth-order valence-electron chi connectivity index (χ4n) is 2.89. The number of aromatic nitrogens is 2. The van der Waals surface area contributed by atoms with Crippen LogP contribution in [0.25, 0.3) is 16.7 Å². The first-order valence-electron chi connectivity index (χ1n) is 7.71. The zero-order valence-corrected chi connectivity index (χ0v) is 12.9. The number of halogens is 2. The van der Waals surface area contributed by atoms with E-state index in [9.17, 15) is 8.78 Å². The lowest BCUT2D eigenvalue weighted by atomic mass is 10.2. The number of imidazole rings is 1. The Morgan fingerprint density at radius 1 is 0.750 bits per heavy atom. The summed E-state index contributed by atoms with van der Waals surface area (Å²) in [4.78, 5) is 0. The highest BCUT2D eigenvalue weighted by atomic mass is 19.1. The van der Waals surface area contributed by atoms with E-state index in [2.05, 4.69) is 4.57 Å². The van der Waals surface area contributed by atoms with Crippen molar-refractivity contribution in [3.63, 3.8) is 0 Å². The third-order valence-electron chi connectivity index (χ3n) is 4.08. The van der Waals surface area contributed by atoms with Crippen LogP contribution in [0.2, 0.25) is 0 Å². The molecule has 4 rings (SSSR count). The van der Waals surface area contributed by atoms with Crippen LogP contribution in [0.3, 0.4) is 0 Å². The molecular formula is C20H15F2N2+. The first-order chi connectivity index (χ1) is 11.7. The quantitative estimate of drug-likeness (QED) is 0.499. The van der Waals surface area contributed by atoms with E-state index in [1.165, 1.54) is 24.3 Å². The molecule has 0 aliphatic rings. The van der Waals surface area contributed by atoms with Gasteiger partial charge < -0.3 is 0 Å². The van der Waals surface area contributed by atoms with Gasteiger partial charge in [-0.3, -0.25) is 0 Å². The van der Waals surface area contributed by atoms with Crippen molar-refractivity contribution in [1.29, 1.82) is 0 Å². The summed E-state index contributed by atoms with van der Waals surface area (Å²) in [6, 6.07) is 20.9. The smallest absolute Gasteiger partial charge is 0.225 e. The monoisotopic (exact) mass is 321 g/mol. The molecule has 0 aliphatic heterocycles. The van der Waals surface area contributed by atoms with E-state index in [-0.39, 0.29) is 11.6 Å². The maximum absolute atomic E-state index is 13.2. The first kappa shape index (κ1) is 14.6. The predicted molar refractivity (Wildman–Crippen MR) is 88.9 cm³/mol. The van der Waals surface area contributed by atoms with Gasteiger partial charge in [0.05, 0.1) is 0 Å². The topological polar surface area (TPSA) is 8.81 Å². The number of hydrogen-bond acceptors (Lipinski definition) is 0. The molecule has 0 fully saturated rings. The van der Waals surface area contributed by atoms with Gasteiger partial charge in [-0.2, -0.15) is 4.57 Å². The average molecular weight is 321 g/mol. The van der Waals surface area contributed by atoms with Crippen LogP contribution >= 0.6 is 0 Å². The van der Waals surface area contributed by atoms with Crippen LogP contribution in [0.4, 0.5) is 8.78 Å². The van der Waals surface area contributed by atoms with Crippen molar-refractivity contribution in [2.75, 3.05) is 0 Å². The third kappa shape index (κ3) is 2.67. The minimum absolute atomic E-state index is 0.238. The number of rotatable bonds is 3. The molecule has 0 bridgehead atoms. The van der Waals surface area contributed by atoms with Crippen molar-refractivity contribution in [2.45, 2.75) is 6.54 Å². The minimum atomic E-state index is -0.255. The van der Waals surface area contributed by atoms with Gasteiger partial charge in [0, 0.05) is 0 Å². The molecule has 3 aromatic carbocycles. The molecule has 0 spiro atoms. The molecule has 1 aromatic heterocycles. The number of fused-ring (bicyclic) bond motifs is 1. The molecule has 0 saturated heterocycles. The van der Waals surface area contributed by atoms with Crippen LogP contribution in [0.1, 0.15) is 5.56 Å². The highest BCUT2D eigenvalue weighted by Crippen LogP contribution is 2.18. The van der Waals surface area contributed by atoms with Crippen molar-refractivity contribution in [1.82, 2.24) is 4.57 Å². The van der Waals surface area contributed by atoms with Crippen molar-refractivity contribution < 1.29 is 13.3 Å². The van der Waals surface area contributed by atoms with Crippen LogP contribution < -0.4 is 4.57 Å². The Morgan fingerprint density at radius 2 is 1.38 bits per heavy atom. The van der Waals surface area contributed by atoms with Crippen molar-refractivity contribution >= 4 is 11.0 Å². The fraction of sp³-hybridized carbons (Fsp3) is 0.0500. The summed E-state index contributed by atoms with van der Waals surface area (Å²) in [6.45, 7) is 0.634. The second-order valence-electron chi connectivity index (χ2n) is 5.70. The summed E-state index contributed by atoms with van der Waals surface area (Å²) in [7, 11) is 0. The summed E-state index contributed by atoms with van der Waals surface area (Å²) in [5.41, 5.74) is 4.01. The fourth-order valence-corrected chi connectivity index (χ4v) is 2.89. The summed E-state index contributed by atoms with van der Waals surface area (Å²) >= 11 is 0. The predicted octanol–water partition coefficient (Wildman–Crippen LogP) is 4.24. The van der Waals surface area contributed by atoms with Gasteiger partial charge in [0.15, 0.2) is 11.0 Å². The maximum Gasteiger partial charge on any atom is 0.250 e. The number of nitrogens with zero attached hydrogens (tertiary/aromatic N) is 2. The largest absolute Gasteiger partial charge is 0.250 e. The van der Waals surface area contributed by atoms with Gasteiger partial charge in [0.25, 0.3) is 0 Å². The molecule has 4 aromatic rings. The molecule has 4 heteroatoms. The van der Waals surface area contributed by atoms with Gasteiger partial charge in [0.1, 0.15) is 23.9 Å². The Bertz CT molecular complexity index is 987. The van der Waals surface area contributed by atoms with Gasteiger partial charge in [0.2, 0.25) is 6.33 Å². The van der Waals surface area contributed by atoms with E-state index < -0.39 is 0 Å². The van der Waals surface area contributed by atoms with Crippen molar-refractivity contribution in [2.24, 2.45) is 0 Å². The second kappa shape index (κ2) is 5.89. The molecule has 2 nitrogen and oxygen atoms in total. The standard InChI is InChI=1S/C20H15F2N2/c21-16-7-5-15(6-8-16)13-23-14-24(18-11-9-17(22)10-12-18)20-4-2-1-3-19(20)23/h1-12,14H,13H2/q+1. The molecular weight excluding hydrogens is 306 g/mol. The average Bonchev–Trinajstić information content (AvgIpc) is 2.97. The van der Waals surface area contributed by atoms with E-state index in [4.69, 9.17) is 0 Å². The first-order valence-corrected chi connectivity index (χ1v) is 7.71. The van der Waals surface area contributed by atoms with E-state index in [1.54, 1.807) is 24.3 Å². The third-order valence-corrected chi connectivity index (χ3v) is 4.08. The molecule has 0 unspecified atom stereocenters. The van der Waals surface area contributed by atoms with E-state index in [0.29, 0.717) is 6.54 Å². The molecule has 0 N–H and O–H groups in total. The molecule has 0 saturated carbocycles. The lowest BCUT2D eigenvalue weighted by molar-refractivity contribution is -0.662. The lowest BCUT2D eigenvalue weighted by Gasteiger charge is -1.98. The van der Waals surface area contributed by atoms with Crippen LogP contribution in [0, 0.1) is 11.6 Å². The van der Waals surface area contributed by atoms with E-state index >= 15 is 0 Å². The van der Waals surface area contributed by atoms with E-state index in [0.717, 1.165) is 22.3 Å². The van der Waals surface area contributed by atoms with Crippen LogP contribution in [-0.2, 0) is 6.54 Å². The Kier molecular flexibility index (Phi) is 3.58. The van der Waals surface area contributed by atoms with Gasteiger partial charge >= 0.3 is 0 Å². The second-order valence-corrected chi connectivity index (χ2v) is 5.70. The normalized spacial score (nSPS) is 11.1. The Hall–Kier alpha value is -3.01. The highest BCUT2D eigenvalue weighted by molar-refractivity contribution is 5.74. The van der Waals surface area contributed by atoms with Crippen molar-refractivity contribution in [3.05, 3.63) is 96.3 Å². The molecule has 0 aliphatic carbocycles. The minimum Gasteiger partial charge on any atom is -0.225 e. The molecule has 118 valence electrons. The summed E-state index contributed by atoms with van der Waals surface area (Å²) < 4.78 is 30.4. The maximum atomic E-state index is 13.2. The van der Waals surface area contributed by atoms with Gasteiger partial charge in [-0.05, 0) is 54.1 Å². The zero-order valence-electron chi connectivity index (χ0n) is 12.9. The molecule has 1 heterocycles. The Labute approximate surface area is 138 Å². The van der Waals surface area contributed by atoms with Crippen LogP contribution in [0.15, 0.2) is 79.1 Å². The molecule has 0 radical (unpaired) electrons. The Balaban J connectivity index is 1.81. The number of hydrogen-bond donors (Lipinski definition) is 0. The summed E-state index contributed by atoms with van der Waals surface area (Å²) in [5, 5.41) is 0. The highest BCUT2D eigenvalue weighted by Gasteiger charge is 2.17. The summed E-state index contributed by atoms with van der Waals surface area (Å²) in [5.74, 6) is -0.494. The Morgan fingerprint density at radius 3 is 2.08 bits per heavy atom. The molecule has 0 atom stereocenters. The lowest BCUT2D eigenvalue weighted by Crippen LogP contribution is -2.32. The number of benzene rings is 3. The molecule has 24 heavy (non-hydrogen) atoms. The van der Waals surface area contributed by atoms with E-state index in [1.807, 2.05) is 35.2 Å². The van der Waals surface area contributed by atoms with Crippen molar-refractivity contribution in [3.8, 4) is 5.69 Å². The van der Waals surface area contributed by atoms with Gasteiger partial charge in [-0.25, -0.2) is 13.3 Å². The SMILES string of the molecule is Fc1ccc(C[n+]2cn(-c3ccc(F)cc3)c3ccccc32)cc1. The number of para-hydroxylation sites is 2. The molecule has 0 amide bonds. The van der Waals surface area contributed by atoms with Gasteiger partial charge in [-0.15, -0.1) is 0 Å². The van der Waals surface area contributed by atoms with Crippen LogP contribution in [-0.4, -0.2) is 4.57 Å². The summed E-state index contributed by atoms with van der Waals surface area (Å²) in [6.07, 6.45) is 1.99. The van der Waals surface area contributed by atoms with Gasteiger partial charge in [-0.1, -0.05) is 24.3 Å². The van der Waals surface area contributed by atoms with Crippen LogP contribution in [0.5, 0.6) is 0 Å².